The Hall–Kier alpha value is -1.50. The lowest BCUT2D eigenvalue weighted by Gasteiger charge is -2.13. The topological polar surface area (TPSA) is 50.2 Å². The molecule has 0 bridgehead atoms. The highest BCUT2D eigenvalue weighted by molar-refractivity contribution is 6.49. The number of aromatic nitrogens is 1. The predicted molar refractivity (Wildman–Crippen MR) is 81.0 cm³/mol. The third-order valence-corrected chi connectivity index (χ3v) is 4.20. The van der Waals surface area contributed by atoms with E-state index in [1.807, 2.05) is 0 Å². The summed E-state index contributed by atoms with van der Waals surface area (Å²) in [7, 11) is 0. The normalized spacial score (nSPS) is 11.6. The quantitative estimate of drug-likeness (QED) is 0.725. The fourth-order valence-electron chi connectivity index (χ4n) is 1.92. The lowest BCUT2D eigenvalue weighted by Crippen LogP contribution is -2.12. The van der Waals surface area contributed by atoms with E-state index in [2.05, 4.69) is 4.98 Å². The van der Waals surface area contributed by atoms with Gasteiger partial charge in [0, 0.05) is 11.1 Å². The Bertz CT molecular complexity index is 779. The molecule has 0 aliphatic rings. The highest BCUT2D eigenvalue weighted by atomic mass is 35.5. The number of pyridine rings is 1. The van der Waals surface area contributed by atoms with E-state index >= 15 is 0 Å². The van der Waals surface area contributed by atoms with Crippen LogP contribution in [0, 0.1) is 0 Å². The molecule has 3 nitrogen and oxygen atoms in total. The Labute approximate surface area is 143 Å². The molecule has 122 valence electrons. The Morgan fingerprint density at radius 2 is 1.65 bits per heavy atom. The number of alkyl halides is 3. The zero-order valence-corrected chi connectivity index (χ0v) is 13.4. The zero-order chi connectivity index (χ0) is 17.4. The second kappa shape index (κ2) is 6.55. The van der Waals surface area contributed by atoms with Gasteiger partial charge in [-0.05, 0) is 12.1 Å². The molecular formula is C14H7Cl3F3NO2. The molecule has 0 radical (unpaired) electrons. The van der Waals surface area contributed by atoms with Crippen molar-refractivity contribution >= 4 is 40.8 Å². The van der Waals surface area contributed by atoms with Gasteiger partial charge in [0.25, 0.3) is 0 Å². The number of carbonyl (C=O) groups is 1. The van der Waals surface area contributed by atoms with Crippen LogP contribution in [0.15, 0.2) is 24.3 Å². The lowest BCUT2D eigenvalue weighted by atomic mass is 10.0. The molecule has 0 fully saturated rings. The first-order valence-electron chi connectivity index (χ1n) is 6.04. The summed E-state index contributed by atoms with van der Waals surface area (Å²) in [6.07, 6.45) is -5.39. The van der Waals surface area contributed by atoms with Crippen molar-refractivity contribution in [3.63, 3.8) is 0 Å². The standard InChI is InChI=1S/C14H7Cl3F3NO2/c15-8-3-1-7(12(16)13(8)17)6-2-4-10(14(18,19)20)21-9(6)5-11(22)23/h1-4H,5H2,(H,22,23). The first-order chi connectivity index (χ1) is 10.6. The van der Waals surface area contributed by atoms with Crippen LogP contribution >= 0.6 is 34.8 Å². The van der Waals surface area contributed by atoms with E-state index < -0.39 is 24.3 Å². The van der Waals surface area contributed by atoms with Crippen LogP contribution in [-0.2, 0) is 17.4 Å². The average molecular weight is 385 g/mol. The maximum absolute atomic E-state index is 12.8. The van der Waals surface area contributed by atoms with Gasteiger partial charge in [0.05, 0.1) is 27.2 Å². The molecular weight excluding hydrogens is 378 g/mol. The third kappa shape index (κ3) is 3.88. The highest BCUT2D eigenvalue weighted by Crippen LogP contribution is 2.40. The molecule has 1 N–H and O–H groups in total. The SMILES string of the molecule is O=C(O)Cc1nc(C(F)(F)F)ccc1-c1ccc(Cl)c(Cl)c1Cl. The fraction of sp³-hybridized carbons (Fsp3) is 0.143. The molecule has 1 aromatic heterocycles. The number of nitrogens with zero attached hydrogens (tertiary/aromatic N) is 1. The smallest absolute Gasteiger partial charge is 0.433 e. The van der Waals surface area contributed by atoms with Gasteiger partial charge >= 0.3 is 12.1 Å². The van der Waals surface area contributed by atoms with Crippen LogP contribution in [0.25, 0.3) is 11.1 Å². The highest BCUT2D eigenvalue weighted by Gasteiger charge is 2.33. The van der Waals surface area contributed by atoms with Gasteiger partial charge in [-0.15, -0.1) is 0 Å². The van der Waals surface area contributed by atoms with E-state index in [0.29, 0.717) is 0 Å². The summed E-state index contributed by atoms with van der Waals surface area (Å²) in [6, 6.07) is 4.71. The van der Waals surface area contributed by atoms with Crippen molar-refractivity contribution in [2.75, 3.05) is 0 Å². The maximum Gasteiger partial charge on any atom is 0.433 e. The van der Waals surface area contributed by atoms with E-state index in [4.69, 9.17) is 39.9 Å². The number of carboxylic acids is 1. The monoisotopic (exact) mass is 383 g/mol. The van der Waals surface area contributed by atoms with Gasteiger partial charge in [-0.25, -0.2) is 4.98 Å². The van der Waals surface area contributed by atoms with Crippen LogP contribution in [0.1, 0.15) is 11.4 Å². The molecule has 0 amide bonds. The first kappa shape index (κ1) is 17.8. The van der Waals surface area contributed by atoms with Gasteiger partial charge in [-0.3, -0.25) is 4.79 Å². The Kier molecular flexibility index (Phi) is 5.08. The van der Waals surface area contributed by atoms with Crippen LogP contribution < -0.4 is 0 Å². The van der Waals surface area contributed by atoms with Crippen molar-refractivity contribution in [3.8, 4) is 11.1 Å². The van der Waals surface area contributed by atoms with Gasteiger partial charge in [-0.2, -0.15) is 13.2 Å². The molecule has 0 unspecified atom stereocenters. The van der Waals surface area contributed by atoms with Crippen molar-refractivity contribution in [1.29, 1.82) is 0 Å². The van der Waals surface area contributed by atoms with Gasteiger partial charge in [0.2, 0.25) is 0 Å². The summed E-state index contributed by atoms with van der Waals surface area (Å²) < 4.78 is 38.3. The number of rotatable bonds is 3. The molecule has 0 aliphatic carbocycles. The van der Waals surface area contributed by atoms with Crippen molar-refractivity contribution in [2.24, 2.45) is 0 Å². The van der Waals surface area contributed by atoms with Crippen LogP contribution in [-0.4, -0.2) is 16.1 Å². The van der Waals surface area contributed by atoms with Crippen molar-refractivity contribution in [1.82, 2.24) is 4.98 Å². The molecule has 0 atom stereocenters. The number of aliphatic carboxylic acids is 1. The summed E-state index contributed by atoms with van der Waals surface area (Å²) >= 11 is 17.8. The summed E-state index contributed by atoms with van der Waals surface area (Å²) in [5, 5.41) is 9.09. The van der Waals surface area contributed by atoms with Crippen molar-refractivity contribution < 1.29 is 23.1 Å². The van der Waals surface area contributed by atoms with E-state index in [1.165, 1.54) is 12.1 Å². The fourth-order valence-corrected chi connectivity index (χ4v) is 2.55. The first-order valence-corrected chi connectivity index (χ1v) is 7.17. The molecule has 0 saturated carbocycles. The van der Waals surface area contributed by atoms with Crippen molar-refractivity contribution in [2.45, 2.75) is 12.6 Å². The maximum atomic E-state index is 12.8. The van der Waals surface area contributed by atoms with E-state index in [1.54, 1.807) is 0 Å². The molecule has 0 spiro atoms. The van der Waals surface area contributed by atoms with Gasteiger partial charge in [0.1, 0.15) is 5.69 Å². The summed E-state index contributed by atoms with van der Waals surface area (Å²) in [4.78, 5) is 14.3. The second-order valence-corrected chi connectivity index (χ2v) is 5.65. The second-order valence-electron chi connectivity index (χ2n) is 4.48. The third-order valence-electron chi connectivity index (χ3n) is 2.91. The minimum absolute atomic E-state index is 0.00682. The van der Waals surface area contributed by atoms with E-state index in [0.717, 1.165) is 12.1 Å². The summed E-state index contributed by atoms with van der Waals surface area (Å²) in [6.45, 7) is 0. The molecule has 23 heavy (non-hydrogen) atoms. The minimum Gasteiger partial charge on any atom is -0.481 e. The van der Waals surface area contributed by atoms with Crippen LogP contribution in [0.2, 0.25) is 15.1 Å². The largest absolute Gasteiger partial charge is 0.481 e. The minimum atomic E-state index is -4.69. The zero-order valence-electron chi connectivity index (χ0n) is 11.1. The van der Waals surface area contributed by atoms with E-state index in [9.17, 15) is 18.0 Å². The van der Waals surface area contributed by atoms with Gasteiger partial charge < -0.3 is 5.11 Å². The summed E-state index contributed by atoms with van der Waals surface area (Å²) in [5.41, 5.74) is -1.07. The summed E-state index contributed by atoms with van der Waals surface area (Å²) in [5.74, 6) is -1.32. The van der Waals surface area contributed by atoms with Gasteiger partial charge in [-0.1, -0.05) is 46.9 Å². The number of hydrogen-bond acceptors (Lipinski definition) is 2. The molecule has 1 aromatic carbocycles. The van der Waals surface area contributed by atoms with E-state index in [-0.39, 0.29) is 31.9 Å². The van der Waals surface area contributed by atoms with Crippen LogP contribution in [0.4, 0.5) is 13.2 Å². The molecule has 2 rings (SSSR count). The number of halogens is 6. The molecule has 1 heterocycles. The molecule has 2 aromatic rings. The Balaban J connectivity index is 2.67. The molecule has 0 aliphatic heterocycles. The number of benzene rings is 1. The Morgan fingerprint density at radius 1 is 1.04 bits per heavy atom. The predicted octanol–water partition coefficient (Wildman–Crippen LogP) is 5.35. The van der Waals surface area contributed by atoms with Crippen LogP contribution in [0.3, 0.4) is 0 Å². The van der Waals surface area contributed by atoms with Crippen LogP contribution in [0.5, 0.6) is 0 Å². The van der Waals surface area contributed by atoms with Crippen molar-refractivity contribution in [3.05, 3.63) is 50.7 Å². The van der Waals surface area contributed by atoms with Gasteiger partial charge in [0.15, 0.2) is 0 Å². The Morgan fingerprint density at radius 3 is 2.22 bits per heavy atom. The number of hydrogen-bond donors (Lipinski definition) is 1. The molecule has 9 heteroatoms. The average Bonchev–Trinajstić information content (AvgIpc) is 2.44. The molecule has 0 saturated heterocycles. The number of carboxylic acid groups (broad SMARTS) is 1. The lowest BCUT2D eigenvalue weighted by molar-refractivity contribution is -0.142.